The van der Waals surface area contributed by atoms with Crippen molar-refractivity contribution in [2.75, 3.05) is 19.7 Å². The smallest absolute Gasteiger partial charge is 0.234 e. The Hall–Kier alpha value is -1.05. The van der Waals surface area contributed by atoms with Gasteiger partial charge in [0, 0.05) is 0 Å². The SMILES string of the molecule is C#CCNCC(=O)NC1(CO)CCCCC1. The van der Waals surface area contributed by atoms with E-state index >= 15 is 0 Å². The lowest BCUT2D eigenvalue weighted by molar-refractivity contribution is -0.123. The third-order valence-electron chi connectivity index (χ3n) is 3.03. The van der Waals surface area contributed by atoms with Gasteiger partial charge in [-0.15, -0.1) is 6.42 Å². The van der Waals surface area contributed by atoms with Gasteiger partial charge in [-0.2, -0.15) is 0 Å². The first-order valence-electron chi connectivity index (χ1n) is 5.78. The summed E-state index contributed by atoms with van der Waals surface area (Å²) < 4.78 is 0. The molecule has 90 valence electrons. The fraction of sp³-hybridized carbons (Fsp3) is 0.750. The van der Waals surface area contributed by atoms with E-state index in [0.717, 1.165) is 25.7 Å². The Balaban J connectivity index is 2.37. The summed E-state index contributed by atoms with van der Waals surface area (Å²) >= 11 is 0. The third kappa shape index (κ3) is 3.84. The number of terminal acetylenes is 1. The van der Waals surface area contributed by atoms with Crippen molar-refractivity contribution >= 4 is 5.91 Å². The van der Waals surface area contributed by atoms with Gasteiger partial charge in [-0.1, -0.05) is 25.2 Å². The summed E-state index contributed by atoms with van der Waals surface area (Å²) in [6.07, 6.45) is 10.1. The molecule has 0 aromatic heterocycles. The fourth-order valence-electron chi connectivity index (χ4n) is 2.14. The predicted molar refractivity (Wildman–Crippen MR) is 62.7 cm³/mol. The van der Waals surface area contributed by atoms with Crippen molar-refractivity contribution in [1.29, 1.82) is 0 Å². The van der Waals surface area contributed by atoms with Crippen molar-refractivity contribution in [1.82, 2.24) is 10.6 Å². The summed E-state index contributed by atoms with van der Waals surface area (Å²) in [4.78, 5) is 11.6. The maximum absolute atomic E-state index is 11.6. The first kappa shape index (κ1) is 13.0. The van der Waals surface area contributed by atoms with E-state index in [0.29, 0.717) is 6.54 Å². The zero-order valence-electron chi connectivity index (χ0n) is 9.59. The van der Waals surface area contributed by atoms with Gasteiger partial charge in [0.2, 0.25) is 5.91 Å². The molecule has 1 aliphatic rings. The summed E-state index contributed by atoms with van der Waals surface area (Å²) in [5, 5.41) is 15.2. The average molecular weight is 224 g/mol. The van der Waals surface area contributed by atoms with Crippen LogP contribution in [-0.4, -0.2) is 36.2 Å². The number of carbonyl (C=O) groups is 1. The highest BCUT2D eigenvalue weighted by Gasteiger charge is 2.32. The lowest BCUT2D eigenvalue weighted by Crippen LogP contribution is -2.54. The molecule has 1 saturated carbocycles. The van der Waals surface area contributed by atoms with Gasteiger partial charge in [-0.25, -0.2) is 0 Å². The molecule has 1 aliphatic carbocycles. The molecular weight excluding hydrogens is 204 g/mol. The van der Waals surface area contributed by atoms with Gasteiger partial charge in [-0.05, 0) is 12.8 Å². The molecule has 0 bridgehead atoms. The number of rotatable bonds is 5. The summed E-state index contributed by atoms with van der Waals surface area (Å²) in [6.45, 7) is 0.624. The van der Waals surface area contributed by atoms with Crippen LogP contribution in [0, 0.1) is 12.3 Å². The minimum Gasteiger partial charge on any atom is -0.394 e. The zero-order valence-corrected chi connectivity index (χ0v) is 9.59. The van der Waals surface area contributed by atoms with Crippen LogP contribution in [-0.2, 0) is 4.79 Å². The Labute approximate surface area is 96.8 Å². The second-order valence-corrected chi connectivity index (χ2v) is 4.35. The molecule has 4 nitrogen and oxygen atoms in total. The monoisotopic (exact) mass is 224 g/mol. The van der Waals surface area contributed by atoms with Crippen molar-refractivity contribution in [3.63, 3.8) is 0 Å². The van der Waals surface area contributed by atoms with E-state index in [1.807, 2.05) is 0 Å². The van der Waals surface area contributed by atoms with Crippen LogP contribution in [0.4, 0.5) is 0 Å². The topological polar surface area (TPSA) is 61.4 Å². The minimum atomic E-state index is -0.396. The lowest BCUT2D eigenvalue weighted by Gasteiger charge is -2.36. The van der Waals surface area contributed by atoms with Gasteiger partial charge >= 0.3 is 0 Å². The van der Waals surface area contributed by atoms with Crippen molar-refractivity contribution in [2.45, 2.75) is 37.6 Å². The third-order valence-corrected chi connectivity index (χ3v) is 3.03. The van der Waals surface area contributed by atoms with Gasteiger partial charge in [0.15, 0.2) is 0 Å². The standard InChI is InChI=1S/C12H20N2O2/c1-2-8-13-9-11(16)14-12(10-15)6-4-3-5-7-12/h1,13,15H,3-10H2,(H,14,16). The maximum atomic E-state index is 11.6. The Morgan fingerprint density at radius 3 is 2.62 bits per heavy atom. The minimum absolute atomic E-state index is 0.0217. The second kappa shape index (κ2) is 6.51. The highest BCUT2D eigenvalue weighted by molar-refractivity contribution is 5.78. The average Bonchev–Trinajstić information content (AvgIpc) is 2.30. The molecular formula is C12H20N2O2. The van der Waals surface area contributed by atoms with Crippen LogP contribution in [0.15, 0.2) is 0 Å². The normalized spacial score (nSPS) is 18.8. The van der Waals surface area contributed by atoms with Crippen LogP contribution in [0.2, 0.25) is 0 Å². The van der Waals surface area contributed by atoms with Crippen molar-refractivity contribution in [3.8, 4) is 12.3 Å². The fourth-order valence-corrected chi connectivity index (χ4v) is 2.14. The Kier molecular flexibility index (Phi) is 5.30. The number of carbonyl (C=O) groups excluding carboxylic acids is 1. The zero-order chi connectivity index (χ0) is 11.9. The molecule has 0 radical (unpaired) electrons. The molecule has 0 spiro atoms. The molecule has 3 N–H and O–H groups in total. The van der Waals surface area contributed by atoms with Gasteiger partial charge in [-0.3, -0.25) is 10.1 Å². The Morgan fingerprint density at radius 2 is 2.06 bits per heavy atom. The number of aliphatic hydroxyl groups excluding tert-OH is 1. The van der Waals surface area contributed by atoms with E-state index in [-0.39, 0.29) is 19.1 Å². The van der Waals surface area contributed by atoms with Crippen molar-refractivity contribution < 1.29 is 9.90 Å². The molecule has 0 aromatic carbocycles. The summed E-state index contributed by atoms with van der Waals surface area (Å²) in [7, 11) is 0. The molecule has 16 heavy (non-hydrogen) atoms. The van der Waals surface area contributed by atoms with E-state index in [1.165, 1.54) is 6.42 Å². The highest BCUT2D eigenvalue weighted by Crippen LogP contribution is 2.27. The second-order valence-electron chi connectivity index (χ2n) is 4.35. The van der Waals surface area contributed by atoms with Crippen LogP contribution < -0.4 is 10.6 Å². The molecule has 0 atom stereocenters. The first-order valence-corrected chi connectivity index (χ1v) is 5.78. The molecule has 1 amide bonds. The maximum Gasteiger partial charge on any atom is 0.234 e. The number of amides is 1. The van der Waals surface area contributed by atoms with Crippen LogP contribution in [0.1, 0.15) is 32.1 Å². The van der Waals surface area contributed by atoms with Crippen molar-refractivity contribution in [3.05, 3.63) is 0 Å². The van der Waals surface area contributed by atoms with Crippen LogP contribution in [0.25, 0.3) is 0 Å². The molecule has 0 aliphatic heterocycles. The lowest BCUT2D eigenvalue weighted by atomic mass is 9.82. The number of aliphatic hydroxyl groups is 1. The largest absolute Gasteiger partial charge is 0.394 e. The Morgan fingerprint density at radius 1 is 1.38 bits per heavy atom. The first-order chi connectivity index (χ1) is 7.72. The molecule has 0 heterocycles. The Bertz CT molecular complexity index is 265. The van der Waals surface area contributed by atoms with Crippen molar-refractivity contribution in [2.24, 2.45) is 0 Å². The van der Waals surface area contributed by atoms with E-state index in [1.54, 1.807) is 0 Å². The van der Waals surface area contributed by atoms with E-state index in [2.05, 4.69) is 16.6 Å². The van der Waals surface area contributed by atoms with Gasteiger partial charge in [0.25, 0.3) is 0 Å². The number of hydrogen-bond donors (Lipinski definition) is 3. The van der Waals surface area contributed by atoms with E-state index in [4.69, 9.17) is 6.42 Å². The molecule has 0 saturated heterocycles. The van der Waals surface area contributed by atoms with E-state index in [9.17, 15) is 9.90 Å². The van der Waals surface area contributed by atoms with Crippen LogP contribution in [0.3, 0.4) is 0 Å². The molecule has 0 aromatic rings. The summed E-state index contributed by atoms with van der Waals surface area (Å²) in [6, 6.07) is 0. The summed E-state index contributed by atoms with van der Waals surface area (Å²) in [5.74, 6) is 2.32. The molecule has 0 unspecified atom stereocenters. The number of hydrogen-bond acceptors (Lipinski definition) is 3. The van der Waals surface area contributed by atoms with Crippen LogP contribution >= 0.6 is 0 Å². The summed E-state index contributed by atoms with van der Waals surface area (Å²) in [5.41, 5.74) is -0.396. The quantitative estimate of drug-likeness (QED) is 0.456. The van der Waals surface area contributed by atoms with Gasteiger partial charge in [0.05, 0.1) is 25.2 Å². The molecule has 1 fully saturated rings. The van der Waals surface area contributed by atoms with E-state index < -0.39 is 5.54 Å². The molecule has 1 rings (SSSR count). The van der Waals surface area contributed by atoms with Gasteiger partial charge in [0.1, 0.15) is 0 Å². The predicted octanol–water partition coefficient (Wildman–Crippen LogP) is 0.0206. The van der Waals surface area contributed by atoms with Crippen LogP contribution in [0.5, 0.6) is 0 Å². The van der Waals surface area contributed by atoms with Gasteiger partial charge < -0.3 is 10.4 Å². The molecule has 4 heteroatoms. The number of nitrogens with one attached hydrogen (secondary N) is 2. The highest BCUT2D eigenvalue weighted by atomic mass is 16.3.